The van der Waals surface area contributed by atoms with Crippen LogP contribution in [-0.4, -0.2) is 39.5 Å². The van der Waals surface area contributed by atoms with Gasteiger partial charge in [-0.3, -0.25) is 14.3 Å². The summed E-state index contributed by atoms with van der Waals surface area (Å²) >= 11 is 0. The molecule has 0 saturated carbocycles. The summed E-state index contributed by atoms with van der Waals surface area (Å²) in [7, 11) is -3.78. The first kappa shape index (κ1) is 22.2. The number of carbonyl (C=O) groups excluding carboxylic acids is 2. The lowest BCUT2D eigenvalue weighted by Gasteiger charge is -2.10. The zero-order valence-electron chi connectivity index (χ0n) is 16.5. The van der Waals surface area contributed by atoms with Crippen molar-refractivity contribution in [3.8, 4) is 5.75 Å². The lowest BCUT2D eigenvalue weighted by atomic mass is 10.2. The van der Waals surface area contributed by atoms with Gasteiger partial charge in [0.05, 0.1) is 17.6 Å². The minimum Gasteiger partial charge on any atom is -0.494 e. The Morgan fingerprint density at radius 2 is 1.62 bits per heavy atom. The van der Waals surface area contributed by atoms with E-state index in [1.165, 1.54) is 36.4 Å². The van der Waals surface area contributed by atoms with E-state index in [1.807, 2.05) is 6.92 Å². The fraction of sp³-hybridized carbons (Fsp3) is 0.300. The molecule has 0 aliphatic heterocycles. The lowest BCUT2D eigenvalue weighted by molar-refractivity contribution is -0.146. The Labute approximate surface area is 170 Å². The quantitative estimate of drug-likeness (QED) is 0.603. The third kappa shape index (κ3) is 6.79. The second-order valence-corrected chi connectivity index (χ2v) is 7.99. The zero-order valence-corrected chi connectivity index (χ0v) is 17.3. The molecule has 0 bridgehead atoms. The number of benzene rings is 2. The lowest BCUT2D eigenvalue weighted by Crippen LogP contribution is -2.31. The molecule has 0 aliphatic carbocycles. The molecule has 9 heteroatoms. The van der Waals surface area contributed by atoms with E-state index in [1.54, 1.807) is 26.0 Å². The fourth-order valence-corrected chi connectivity index (χ4v) is 3.40. The van der Waals surface area contributed by atoms with Crippen molar-refractivity contribution in [1.82, 2.24) is 5.32 Å². The van der Waals surface area contributed by atoms with E-state index in [2.05, 4.69) is 10.0 Å². The molecule has 0 spiro atoms. The van der Waals surface area contributed by atoms with Gasteiger partial charge in [-0.15, -0.1) is 0 Å². The van der Waals surface area contributed by atoms with Gasteiger partial charge in [-0.25, -0.2) is 8.42 Å². The van der Waals surface area contributed by atoms with E-state index in [9.17, 15) is 18.0 Å². The molecule has 0 heterocycles. The summed E-state index contributed by atoms with van der Waals surface area (Å²) < 4.78 is 37.6. The van der Waals surface area contributed by atoms with Crippen LogP contribution >= 0.6 is 0 Å². The number of nitrogens with one attached hydrogen (secondary N) is 2. The monoisotopic (exact) mass is 420 g/mol. The molecule has 2 rings (SSSR count). The van der Waals surface area contributed by atoms with Crippen molar-refractivity contribution in [2.45, 2.75) is 31.8 Å². The number of hydrogen-bond acceptors (Lipinski definition) is 6. The largest absolute Gasteiger partial charge is 0.494 e. The second kappa shape index (κ2) is 9.92. The van der Waals surface area contributed by atoms with Crippen LogP contribution in [0.1, 0.15) is 31.1 Å². The van der Waals surface area contributed by atoms with E-state index in [0.717, 1.165) is 0 Å². The van der Waals surface area contributed by atoms with Crippen LogP contribution in [0.4, 0.5) is 5.69 Å². The maximum atomic E-state index is 12.5. The van der Waals surface area contributed by atoms with Crippen LogP contribution in [0.2, 0.25) is 0 Å². The first-order valence-electron chi connectivity index (χ1n) is 9.04. The van der Waals surface area contributed by atoms with Gasteiger partial charge in [0, 0.05) is 11.3 Å². The summed E-state index contributed by atoms with van der Waals surface area (Å²) in [6, 6.07) is 11.9. The van der Waals surface area contributed by atoms with Crippen molar-refractivity contribution < 1.29 is 27.5 Å². The number of hydrogen-bond donors (Lipinski definition) is 2. The van der Waals surface area contributed by atoms with Gasteiger partial charge in [0.1, 0.15) is 12.3 Å². The summed E-state index contributed by atoms with van der Waals surface area (Å²) in [5, 5.41) is 2.45. The van der Waals surface area contributed by atoms with Crippen molar-refractivity contribution in [3.05, 3.63) is 54.1 Å². The summed E-state index contributed by atoms with van der Waals surface area (Å²) in [5.74, 6) is -0.418. The average Bonchev–Trinajstić information content (AvgIpc) is 2.66. The number of carbonyl (C=O) groups is 2. The van der Waals surface area contributed by atoms with Crippen LogP contribution in [0.25, 0.3) is 0 Å². The summed E-state index contributed by atoms with van der Waals surface area (Å²) in [6.07, 6.45) is -0.262. The minimum atomic E-state index is -3.78. The molecular weight excluding hydrogens is 396 g/mol. The van der Waals surface area contributed by atoms with Gasteiger partial charge in [0.15, 0.2) is 0 Å². The Kier molecular flexibility index (Phi) is 7.60. The van der Waals surface area contributed by atoms with Crippen molar-refractivity contribution in [2.24, 2.45) is 0 Å². The highest BCUT2D eigenvalue weighted by Gasteiger charge is 2.15. The maximum Gasteiger partial charge on any atom is 0.325 e. The first-order valence-corrected chi connectivity index (χ1v) is 10.5. The maximum absolute atomic E-state index is 12.5. The van der Waals surface area contributed by atoms with E-state index in [4.69, 9.17) is 9.47 Å². The Morgan fingerprint density at radius 3 is 2.17 bits per heavy atom. The number of esters is 1. The van der Waals surface area contributed by atoms with Gasteiger partial charge in [0.2, 0.25) is 0 Å². The summed E-state index contributed by atoms with van der Waals surface area (Å²) in [5.41, 5.74) is 0.584. The van der Waals surface area contributed by atoms with Gasteiger partial charge in [-0.1, -0.05) is 0 Å². The molecule has 0 saturated heterocycles. The topological polar surface area (TPSA) is 111 Å². The van der Waals surface area contributed by atoms with E-state index >= 15 is 0 Å². The Morgan fingerprint density at radius 1 is 1.00 bits per heavy atom. The molecule has 29 heavy (non-hydrogen) atoms. The van der Waals surface area contributed by atoms with Gasteiger partial charge in [-0.05, 0) is 69.3 Å². The SMILES string of the molecule is CCOc1ccc(S(=O)(=O)Nc2ccc(C(=O)NCC(=O)OC(C)C)cc2)cc1. The number of anilines is 1. The van der Waals surface area contributed by atoms with Crippen LogP contribution in [0, 0.1) is 0 Å². The third-order valence-electron chi connectivity index (χ3n) is 3.60. The highest BCUT2D eigenvalue weighted by molar-refractivity contribution is 7.92. The molecule has 0 radical (unpaired) electrons. The average molecular weight is 420 g/mol. The Bertz CT molecular complexity index is 938. The summed E-state index contributed by atoms with van der Waals surface area (Å²) in [6.45, 7) is 5.51. The molecule has 0 fully saturated rings. The summed E-state index contributed by atoms with van der Waals surface area (Å²) in [4.78, 5) is 23.6. The Hall–Kier alpha value is -3.07. The smallest absolute Gasteiger partial charge is 0.325 e. The number of sulfonamides is 1. The zero-order chi connectivity index (χ0) is 21.4. The van der Waals surface area contributed by atoms with Gasteiger partial charge < -0.3 is 14.8 Å². The van der Waals surface area contributed by atoms with E-state index < -0.39 is 21.9 Å². The predicted octanol–water partition coefficient (Wildman–Crippen LogP) is 2.57. The van der Waals surface area contributed by atoms with Crippen molar-refractivity contribution in [2.75, 3.05) is 17.9 Å². The van der Waals surface area contributed by atoms with Crippen molar-refractivity contribution in [1.29, 1.82) is 0 Å². The highest BCUT2D eigenvalue weighted by Crippen LogP contribution is 2.19. The second-order valence-electron chi connectivity index (χ2n) is 6.31. The van der Waals surface area contributed by atoms with Gasteiger partial charge in [0.25, 0.3) is 15.9 Å². The molecule has 0 unspecified atom stereocenters. The number of rotatable bonds is 9. The van der Waals surface area contributed by atoms with Crippen LogP contribution in [0.3, 0.4) is 0 Å². The Balaban J connectivity index is 1.98. The predicted molar refractivity (Wildman–Crippen MR) is 108 cm³/mol. The van der Waals surface area contributed by atoms with Crippen LogP contribution in [0.5, 0.6) is 5.75 Å². The van der Waals surface area contributed by atoms with Crippen LogP contribution in [-0.2, 0) is 19.6 Å². The number of amides is 1. The molecule has 2 N–H and O–H groups in total. The first-order chi connectivity index (χ1) is 13.7. The molecule has 2 aromatic carbocycles. The van der Waals surface area contributed by atoms with Crippen molar-refractivity contribution >= 4 is 27.6 Å². The standard InChI is InChI=1S/C20H24N2O6S/c1-4-27-17-9-11-18(12-10-17)29(25,26)22-16-7-5-15(6-8-16)20(24)21-13-19(23)28-14(2)3/h5-12,14,22H,4,13H2,1-3H3,(H,21,24). The highest BCUT2D eigenvalue weighted by atomic mass is 32.2. The molecule has 2 aromatic rings. The molecule has 0 aromatic heterocycles. The minimum absolute atomic E-state index is 0.0893. The van der Waals surface area contributed by atoms with E-state index in [0.29, 0.717) is 18.0 Å². The van der Waals surface area contributed by atoms with E-state index in [-0.39, 0.29) is 23.1 Å². The van der Waals surface area contributed by atoms with Crippen molar-refractivity contribution in [3.63, 3.8) is 0 Å². The van der Waals surface area contributed by atoms with Gasteiger partial charge in [-0.2, -0.15) is 0 Å². The number of ether oxygens (including phenoxy) is 2. The molecule has 0 aliphatic rings. The van der Waals surface area contributed by atoms with Crippen LogP contribution in [0.15, 0.2) is 53.4 Å². The molecule has 0 atom stereocenters. The third-order valence-corrected chi connectivity index (χ3v) is 5.00. The molecular formula is C20H24N2O6S. The molecule has 156 valence electrons. The molecule has 1 amide bonds. The fourth-order valence-electron chi connectivity index (χ4n) is 2.34. The normalized spacial score (nSPS) is 11.0. The van der Waals surface area contributed by atoms with Crippen LogP contribution < -0.4 is 14.8 Å². The van der Waals surface area contributed by atoms with Gasteiger partial charge >= 0.3 is 5.97 Å². The molecule has 8 nitrogen and oxygen atoms in total.